The smallest absolute Gasteiger partial charge is 0.792 e. The molecule has 316 valence electrons. The quantitative estimate of drug-likeness (QED) is 0.0278. The Morgan fingerprint density at radius 3 is 0.962 bits per heavy atom. The molecule has 0 saturated carbocycles. The Balaban J connectivity index is -0.000000193. The molecule has 0 fully saturated rings. The third-order valence-corrected chi connectivity index (χ3v) is 9.11. The van der Waals surface area contributed by atoms with Crippen LogP contribution >= 0.6 is 0 Å². The molecule has 0 rings (SSSR count). The second-order valence-electron chi connectivity index (χ2n) is 15.2. The van der Waals surface area contributed by atoms with Crippen LogP contribution in [0.1, 0.15) is 234 Å². The molecule has 0 aromatic heterocycles. The molecule has 0 aliphatic carbocycles. The Morgan fingerprint density at radius 2 is 0.717 bits per heavy atom. The molecule has 4 radical (unpaired) electrons. The van der Waals surface area contributed by atoms with Crippen molar-refractivity contribution in [1.29, 1.82) is 0 Å². The zero-order valence-electron chi connectivity index (χ0n) is 36.6. The molecule has 7 heteroatoms. The van der Waals surface area contributed by atoms with Crippen LogP contribution in [0.25, 0.3) is 0 Å². The number of esters is 2. The Bertz CT molecular complexity index is 575. The fourth-order valence-electron chi connectivity index (χ4n) is 5.32. The van der Waals surface area contributed by atoms with Gasteiger partial charge in [-0.25, -0.2) is 0 Å². The largest absolute Gasteiger partial charge is 2.00 e. The number of ether oxygens (including phenoxy) is 2. The first-order chi connectivity index (χ1) is 25.2. The van der Waals surface area contributed by atoms with Gasteiger partial charge in [-0.05, 0) is 24.7 Å². The van der Waals surface area contributed by atoms with Gasteiger partial charge in [0.1, 0.15) is 0 Å². The van der Waals surface area contributed by atoms with Crippen LogP contribution in [-0.4, -0.2) is 60.6 Å². The van der Waals surface area contributed by atoms with E-state index in [-0.39, 0.29) is 35.8 Å². The van der Waals surface area contributed by atoms with Crippen LogP contribution < -0.4 is 0 Å². The summed E-state index contributed by atoms with van der Waals surface area (Å²) in [6, 6.07) is 0. The van der Waals surface area contributed by atoms with Gasteiger partial charge < -0.3 is 34.7 Å². The van der Waals surface area contributed by atoms with E-state index < -0.39 is 0 Å². The van der Waals surface area contributed by atoms with E-state index in [2.05, 4.69) is 80.6 Å². The van der Waals surface area contributed by atoms with Crippen molar-refractivity contribution in [2.24, 2.45) is 11.8 Å². The van der Waals surface area contributed by atoms with Crippen molar-refractivity contribution in [3.05, 3.63) is 13.8 Å². The number of unbranched alkanes of at least 4 members (excludes halogenated alkanes) is 22. The minimum atomic E-state index is -0.149. The van der Waals surface area contributed by atoms with E-state index in [0.717, 1.165) is 50.4 Å². The van der Waals surface area contributed by atoms with Gasteiger partial charge >= 0.3 is 35.8 Å². The summed E-state index contributed by atoms with van der Waals surface area (Å²) in [5.74, 6) is 2.18. The van der Waals surface area contributed by atoms with Gasteiger partial charge in [-0.1, -0.05) is 222 Å². The van der Waals surface area contributed by atoms with E-state index in [1.165, 1.54) is 141 Å². The predicted octanol–water partition coefficient (Wildman–Crippen LogP) is 14.5. The molecule has 0 aliphatic rings. The first-order valence-corrected chi connectivity index (χ1v) is 23.4. The van der Waals surface area contributed by atoms with Gasteiger partial charge in [0, 0.05) is 12.8 Å². The van der Waals surface area contributed by atoms with Gasteiger partial charge in [-0.2, -0.15) is 11.5 Å². The summed E-state index contributed by atoms with van der Waals surface area (Å²) in [4.78, 5) is 21.8. The maximum absolute atomic E-state index is 10.9. The van der Waals surface area contributed by atoms with Crippen LogP contribution in [0.3, 0.4) is 0 Å². The van der Waals surface area contributed by atoms with Crippen LogP contribution in [0, 0.1) is 25.7 Å². The minimum absolute atomic E-state index is 0. The summed E-state index contributed by atoms with van der Waals surface area (Å²) < 4.78 is 9.97. The standard InChI is InChI=1S/2C12H25.2C11H22O2S.Sn/c2*1-3-5-7-9-11-12-10-8-6-4-2;2*1-10(2)6-4-3-5-8-13-11(12)7-9-14;/h2*1,3-12H2,2H3;2*10,14H,3-9H2,1-2H3;/q;;;;+2/p-2. The van der Waals surface area contributed by atoms with Crippen molar-refractivity contribution in [2.45, 2.75) is 234 Å². The Morgan fingerprint density at radius 1 is 0.453 bits per heavy atom. The van der Waals surface area contributed by atoms with Gasteiger partial charge in [0.25, 0.3) is 0 Å². The average molecular weight is 892 g/mol. The molecular weight excluding hydrogens is 799 g/mol. The average Bonchev–Trinajstić information content (AvgIpc) is 3.11. The molecule has 0 heterocycles. The topological polar surface area (TPSA) is 52.6 Å². The molecule has 0 aromatic carbocycles. The van der Waals surface area contributed by atoms with Gasteiger partial charge in [0.2, 0.25) is 0 Å². The van der Waals surface area contributed by atoms with Crippen molar-refractivity contribution in [1.82, 2.24) is 0 Å². The molecular formula is C46H92O4S2Sn. The van der Waals surface area contributed by atoms with Crippen LogP contribution in [-0.2, 0) is 44.3 Å². The predicted molar refractivity (Wildman–Crippen MR) is 242 cm³/mol. The van der Waals surface area contributed by atoms with Crippen molar-refractivity contribution in [3.8, 4) is 0 Å². The van der Waals surface area contributed by atoms with Crippen molar-refractivity contribution >= 4 is 61.1 Å². The molecule has 0 aliphatic heterocycles. The molecule has 0 atom stereocenters. The van der Waals surface area contributed by atoms with E-state index in [1.807, 2.05) is 0 Å². The maximum atomic E-state index is 10.9. The molecule has 0 amide bonds. The molecule has 53 heavy (non-hydrogen) atoms. The fourth-order valence-corrected chi connectivity index (χ4v) is 5.65. The van der Waals surface area contributed by atoms with Crippen molar-refractivity contribution in [2.75, 3.05) is 24.7 Å². The second-order valence-corrected chi connectivity index (χ2v) is 16.0. The third-order valence-electron chi connectivity index (χ3n) is 8.70. The van der Waals surface area contributed by atoms with Crippen molar-refractivity contribution < 1.29 is 19.1 Å². The fraction of sp³-hybridized carbons (Fsp3) is 0.913. The SMILES string of the molecule is CC(C)CCCCCOC(=O)CC[S-].CC(C)CCCCCOC(=O)CC[S-].[CH2]CCCCCCCCCCC.[CH2]CCCCCCCCCCC.[Sn+2]. The van der Waals surface area contributed by atoms with Crippen LogP contribution in [0.15, 0.2) is 0 Å². The van der Waals surface area contributed by atoms with E-state index in [9.17, 15) is 9.59 Å². The molecule has 0 N–H and O–H groups in total. The number of hydrogen-bond donors (Lipinski definition) is 0. The Kier molecular flexibility index (Phi) is 69.9. The summed E-state index contributed by atoms with van der Waals surface area (Å²) in [5.41, 5.74) is 0. The second kappa shape index (κ2) is 59.1. The monoisotopic (exact) mass is 893 g/mol. The Hall–Kier alpha value is 0.439. The van der Waals surface area contributed by atoms with E-state index >= 15 is 0 Å². The molecule has 4 nitrogen and oxygen atoms in total. The summed E-state index contributed by atoms with van der Waals surface area (Å²) in [6.07, 6.45) is 37.8. The third kappa shape index (κ3) is 74.1. The molecule has 0 saturated heterocycles. The summed E-state index contributed by atoms with van der Waals surface area (Å²) in [6.45, 7) is 22.3. The van der Waals surface area contributed by atoms with E-state index in [0.29, 0.717) is 37.6 Å². The number of rotatable bonds is 34. The van der Waals surface area contributed by atoms with Crippen LogP contribution in [0.5, 0.6) is 0 Å². The molecule has 0 aromatic rings. The van der Waals surface area contributed by atoms with E-state index in [4.69, 9.17) is 9.47 Å². The normalized spacial score (nSPS) is 10.3. The Labute approximate surface area is 362 Å². The van der Waals surface area contributed by atoms with Gasteiger partial charge in [-0.15, -0.1) is 0 Å². The molecule has 0 bridgehead atoms. The van der Waals surface area contributed by atoms with Crippen LogP contribution in [0.4, 0.5) is 0 Å². The number of hydrogen-bond acceptors (Lipinski definition) is 6. The first-order valence-electron chi connectivity index (χ1n) is 22.2. The first kappa shape index (κ1) is 62.6. The van der Waals surface area contributed by atoms with Crippen molar-refractivity contribution in [3.63, 3.8) is 0 Å². The summed E-state index contributed by atoms with van der Waals surface area (Å²) >= 11 is 9.35. The summed E-state index contributed by atoms with van der Waals surface area (Å²) in [5, 5.41) is 0. The zero-order chi connectivity index (χ0) is 39.8. The minimum Gasteiger partial charge on any atom is -0.792 e. The number of carbonyl (C=O) groups excluding carboxylic acids is 2. The maximum Gasteiger partial charge on any atom is 2.00 e. The van der Waals surface area contributed by atoms with E-state index in [1.54, 1.807) is 0 Å². The zero-order valence-corrected chi connectivity index (χ0v) is 41.0. The molecule has 0 spiro atoms. The van der Waals surface area contributed by atoms with Gasteiger partial charge in [0.15, 0.2) is 0 Å². The molecule has 0 unspecified atom stereocenters. The van der Waals surface area contributed by atoms with Crippen LogP contribution in [0.2, 0.25) is 0 Å². The van der Waals surface area contributed by atoms with Gasteiger partial charge in [-0.3, -0.25) is 9.59 Å². The van der Waals surface area contributed by atoms with Gasteiger partial charge in [0.05, 0.1) is 13.2 Å². The number of carbonyl (C=O) groups is 2. The summed E-state index contributed by atoms with van der Waals surface area (Å²) in [7, 11) is 0.